The first-order valence-corrected chi connectivity index (χ1v) is 9.24. The maximum atomic E-state index is 15.1. The monoisotopic (exact) mass is 395 g/mol. The van der Waals surface area contributed by atoms with Crippen molar-refractivity contribution in [1.29, 1.82) is 0 Å². The topological polar surface area (TPSA) is 66.5 Å². The highest BCUT2D eigenvalue weighted by Gasteiger charge is 2.38. The largest absolute Gasteiger partial charge is 0.331 e. The maximum absolute atomic E-state index is 15.1. The number of nitrogens with zero attached hydrogens (tertiary/aromatic N) is 3. The molecule has 0 unspecified atom stereocenters. The van der Waals surface area contributed by atoms with Gasteiger partial charge >= 0.3 is 5.92 Å². The molecule has 29 heavy (non-hydrogen) atoms. The van der Waals surface area contributed by atoms with E-state index in [-0.39, 0.29) is 11.4 Å². The zero-order valence-electron chi connectivity index (χ0n) is 15.2. The van der Waals surface area contributed by atoms with Crippen LogP contribution in [0.15, 0.2) is 54.6 Å². The molecule has 8 heteroatoms. The third-order valence-electron chi connectivity index (χ3n) is 4.95. The molecule has 5 nitrogen and oxygen atoms in total. The number of aromatic amines is 1. The van der Waals surface area contributed by atoms with Gasteiger partial charge in [-0.2, -0.15) is 13.9 Å². The zero-order chi connectivity index (χ0) is 20.0. The molecule has 0 amide bonds. The van der Waals surface area contributed by atoms with Crippen LogP contribution in [0.1, 0.15) is 35.8 Å². The lowest BCUT2D eigenvalue weighted by atomic mass is 10.1. The lowest BCUT2D eigenvalue weighted by molar-refractivity contribution is 0.0333. The molecule has 0 radical (unpaired) electrons. The Labute approximate surface area is 164 Å². The van der Waals surface area contributed by atoms with E-state index < -0.39 is 17.6 Å². The van der Waals surface area contributed by atoms with E-state index in [9.17, 15) is 4.39 Å². The Hall–Kier alpha value is -3.42. The summed E-state index contributed by atoms with van der Waals surface area (Å²) in [4.78, 5) is 8.18. The molecule has 0 atom stereocenters. The smallest absolute Gasteiger partial charge is 0.323 e. The van der Waals surface area contributed by atoms with E-state index in [0.29, 0.717) is 22.6 Å². The summed E-state index contributed by atoms with van der Waals surface area (Å²) in [5, 5.41) is 10.8. The van der Waals surface area contributed by atoms with E-state index in [0.717, 1.165) is 42.8 Å². The Balaban J connectivity index is 1.58. The third-order valence-corrected chi connectivity index (χ3v) is 4.95. The van der Waals surface area contributed by atoms with Crippen molar-refractivity contribution in [1.82, 2.24) is 20.2 Å². The number of alkyl halides is 2. The van der Waals surface area contributed by atoms with Gasteiger partial charge in [-0.25, -0.2) is 14.4 Å². The molecule has 0 saturated heterocycles. The average molecular weight is 395 g/mol. The van der Waals surface area contributed by atoms with Crippen molar-refractivity contribution in [3.8, 4) is 0 Å². The number of halogens is 3. The van der Waals surface area contributed by atoms with Gasteiger partial charge in [-0.1, -0.05) is 12.1 Å². The standard InChI is InChI=1S/C21H16F3N5/c22-14-9-7-13(8-10-14)21(23,24)20-25-16-4-2-1-3-15(16)19(27-20)26-18-11-17(28-29-18)12-5-6-12/h1-4,7-12H,5-6H2,(H2,25,26,27,28,29). The number of fused-ring (bicyclic) bond motifs is 1. The number of anilines is 2. The van der Waals surface area contributed by atoms with E-state index in [4.69, 9.17) is 0 Å². The Morgan fingerprint density at radius 2 is 1.76 bits per heavy atom. The highest BCUT2D eigenvalue weighted by molar-refractivity contribution is 5.90. The van der Waals surface area contributed by atoms with Crippen LogP contribution in [-0.4, -0.2) is 20.2 Å². The summed E-state index contributed by atoms with van der Waals surface area (Å²) >= 11 is 0. The van der Waals surface area contributed by atoms with Crippen molar-refractivity contribution in [3.63, 3.8) is 0 Å². The van der Waals surface area contributed by atoms with Crippen LogP contribution in [0.2, 0.25) is 0 Å². The highest BCUT2D eigenvalue weighted by Crippen LogP contribution is 2.40. The fourth-order valence-electron chi connectivity index (χ4n) is 3.23. The molecule has 1 aliphatic rings. The molecular formula is C21H16F3N5. The first-order chi connectivity index (χ1) is 14.0. The van der Waals surface area contributed by atoms with Gasteiger partial charge in [0, 0.05) is 28.6 Å². The van der Waals surface area contributed by atoms with Gasteiger partial charge in [0.05, 0.1) is 5.52 Å². The van der Waals surface area contributed by atoms with Gasteiger partial charge < -0.3 is 5.32 Å². The van der Waals surface area contributed by atoms with Crippen molar-refractivity contribution in [2.45, 2.75) is 24.7 Å². The van der Waals surface area contributed by atoms with Gasteiger partial charge in [-0.05, 0) is 49.2 Å². The fourth-order valence-corrected chi connectivity index (χ4v) is 3.23. The number of rotatable bonds is 5. The zero-order valence-corrected chi connectivity index (χ0v) is 15.2. The van der Waals surface area contributed by atoms with Gasteiger partial charge in [0.2, 0.25) is 5.82 Å². The second kappa shape index (κ2) is 6.58. The average Bonchev–Trinajstić information content (AvgIpc) is 3.47. The van der Waals surface area contributed by atoms with Crippen LogP contribution in [0.4, 0.5) is 24.8 Å². The quantitative estimate of drug-likeness (QED) is 0.484. The highest BCUT2D eigenvalue weighted by atomic mass is 19.3. The normalized spacial score (nSPS) is 14.3. The van der Waals surface area contributed by atoms with Crippen molar-refractivity contribution in [2.24, 2.45) is 0 Å². The summed E-state index contributed by atoms with van der Waals surface area (Å²) in [7, 11) is 0. The molecule has 1 saturated carbocycles. The van der Waals surface area contributed by atoms with Crippen LogP contribution in [-0.2, 0) is 5.92 Å². The Bertz CT molecular complexity index is 1180. The van der Waals surface area contributed by atoms with Gasteiger partial charge in [-0.15, -0.1) is 0 Å². The second-order valence-electron chi connectivity index (χ2n) is 7.10. The fraction of sp³-hybridized carbons (Fsp3) is 0.190. The van der Waals surface area contributed by atoms with Crippen LogP contribution >= 0.6 is 0 Å². The maximum Gasteiger partial charge on any atom is 0.331 e. The summed E-state index contributed by atoms with van der Waals surface area (Å²) in [5.74, 6) is -3.51. The molecule has 2 N–H and O–H groups in total. The van der Waals surface area contributed by atoms with Crippen molar-refractivity contribution < 1.29 is 13.2 Å². The molecule has 0 spiro atoms. The number of hydrogen-bond acceptors (Lipinski definition) is 4. The first-order valence-electron chi connectivity index (χ1n) is 9.24. The summed E-state index contributed by atoms with van der Waals surface area (Å²) in [5.41, 5.74) is 1.01. The van der Waals surface area contributed by atoms with Crippen LogP contribution in [0.5, 0.6) is 0 Å². The molecule has 1 aliphatic carbocycles. The lowest BCUT2D eigenvalue weighted by Gasteiger charge is -2.17. The van der Waals surface area contributed by atoms with E-state index in [1.54, 1.807) is 24.3 Å². The molecular weight excluding hydrogens is 379 g/mol. The third kappa shape index (κ3) is 3.30. The SMILES string of the molecule is Fc1ccc(C(F)(F)c2nc(Nc3cc(C4CC4)[nH]n3)c3ccccc3n2)cc1. The molecule has 0 aliphatic heterocycles. The number of nitrogens with one attached hydrogen (secondary N) is 2. The second-order valence-corrected chi connectivity index (χ2v) is 7.10. The van der Waals surface area contributed by atoms with Gasteiger partial charge in [0.25, 0.3) is 0 Å². The summed E-state index contributed by atoms with van der Waals surface area (Å²) in [6.07, 6.45) is 2.23. The number of H-pyrrole nitrogens is 1. The number of aromatic nitrogens is 4. The van der Waals surface area contributed by atoms with E-state index in [1.807, 2.05) is 6.07 Å². The summed E-state index contributed by atoms with van der Waals surface area (Å²) < 4.78 is 43.3. The van der Waals surface area contributed by atoms with Crippen molar-refractivity contribution in [3.05, 3.63) is 77.5 Å². The molecule has 4 aromatic rings. The van der Waals surface area contributed by atoms with Crippen molar-refractivity contribution in [2.75, 3.05) is 5.32 Å². The Kier molecular flexibility index (Phi) is 4.01. The van der Waals surface area contributed by atoms with Crippen LogP contribution in [0.25, 0.3) is 10.9 Å². The van der Waals surface area contributed by atoms with Crippen LogP contribution in [0.3, 0.4) is 0 Å². The first kappa shape index (κ1) is 17.7. The van der Waals surface area contributed by atoms with E-state index in [1.165, 1.54) is 0 Å². The summed E-state index contributed by atoms with van der Waals surface area (Å²) in [6.45, 7) is 0. The molecule has 146 valence electrons. The predicted octanol–water partition coefficient (Wildman–Crippen LogP) is 5.25. The van der Waals surface area contributed by atoms with Gasteiger partial charge in [0.1, 0.15) is 11.6 Å². The summed E-state index contributed by atoms with van der Waals surface area (Å²) in [6, 6.07) is 12.8. The minimum Gasteiger partial charge on any atom is -0.323 e. The minimum absolute atomic E-state index is 0.237. The van der Waals surface area contributed by atoms with Crippen LogP contribution < -0.4 is 5.32 Å². The number of para-hydroxylation sites is 1. The molecule has 2 aromatic carbocycles. The van der Waals surface area contributed by atoms with Gasteiger partial charge in [0.15, 0.2) is 5.82 Å². The minimum atomic E-state index is -3.49. The van der Waals surface area contributed by atoms with Crippen molar-refractivity contribution >= 4 is 22.5 Å². The Morgan fingerprint density at radius 3 is 2.52 bits per heavy atom. The molecule has 2 aromatic heterocycles. The Morgan fingerprint density at radius 1 is 1.00 bits per heavy atom. The molecule has 2 heterocycles. The molecule has 1 fully saturated rings. The van der Waals surface area contributed by atoms with Gasteiger partial charge in [-0.3, -0.25) is 5.10 Å². The molecule has 5 rings (SSSR count). The number of hydrogen-bond donors (Lipinski definition) is 2. The van der Waals surface area contributed by atoms with E-state index >= 15 is 8.78 Å². The van der Waals surface area contributed by atoms with Crippen LogP contribution in [0, 0.1) is 5.82 Å². The molecule has 0 bridgehead atoms. The number of benzene rings is 2. The lowest BCUT2D eigenvalue weighted by Crippen LogP contribution is -2.20. The van der Waals surface area contributed by atoms with E-state index in [2.05, 4.69) is 25.5 Å². The predicted molar refractivity (Wildman–Crippen MR) is 103 cm³/mol.